The van der Waals surface area contributed by atoms with Crippen molar-refractivity contribution in [3.8, 4) is 0 Å². The van der Waals surface area contributed by atoms with Gasteiger partial charge in [0.1, 0.15) is 0 Å². The maximum absolute atomic E-state index is 6.13. The summed E-state index contributed by atoms with van der Waals surface area (Å²) in [6.07, 6.45) is 2.56. The summed E-state index contributed by atoms with van der Waals surface area (Å²) in [5, 5.41) is 4.23. The molecule has 0 bridgehead atoms. The minimum atomic E-state index is 0.423. The number of methoxy groups -OCH3 is 1. The van der Waals surface area contributed by atoms with Crippen LogP contribution in [0.25, 0.3) is 0 Å². The van der Waals surface area contributed by atoms with E-state index in [1.807, 2.05) is 19.1 Å². The van der Waals surface area contributed by atoms with Gasteiger partial charge in [-0.25, -0.2) is 0 Å². The van der Waals surface area contributed by atoms with Crippen molar-refractivity contribution < 1.29 is 4.74 Å². The molecule has 0 aromatic heterocycles. The summed E-state index contributed by atoms with van der Waals surface area (Å²) in [6.45, 7) is 2.04. The Morgan fingerprint density at radius 1 is 1.40 bits per heavy atom. The van der Waals surface area contributed by atoms with Crippen molar-refractivity contribution in [3.05, 3.63) is 28.8 Å². The Balaban J connectivity index is 1.94. The van der Waals surface area contributed by atoms with Crippen LogP contribution in [0.1, 0.15) is 18.4 Å². The highest BCUT2D eigenvalue weighted by molar-refractivity contribution is 6.33. The lowest BCUT2D eigenvalue weighted by atomic mass is 9.89. The Morgan fingerprint density at radius 2 is 2.13 bits per heavy atom. The number of anilines is 1. The molecule has 15 heavy (non-hydrogen) atoms. The fraction of sp³-hybridized carbons (Fsp3) is 0.500. The summed E-state index contributed by atoms with van der Waals surface area (Å²) < 4.78 is 5.23. The first-order valence-corrected chi connectivity index (χ1v) is 5.62. The van der Waals surface area contributed by atoms with Gasteiger partial charge in [-0.3, -0.25) is 0 Å². The van der Waals surface area contributed by atoms with Gasteiger partial charge in [0.15, 0.2) is 0 Å². The van der Waals surface area contributed by atoms with Crippen molar-refractivity contribution in [1.82, 2.24) is 0 Å². The zero-order valence-corrected chi connectivity index (χ0v) is 9.84. The summed E-state index contributed by atoms with van der Waals surface area (Å²) in [5.74, 6) is 0. The Labute approximate surface area is 95.6 Å². The Hall–Kier alpha value is -0.730. The van der Waals surface area contributed by atoms with Crippen LogP contribution in [0, 0.1) is 6.92 Å². The third-order valence-corrected chi connectivity index (χ3v) is 3.23. The van der Waals surface area contributed by atoms with Crippen LogP contribution in [0.2, 0.25) is 5.02 Å². The molecule has 1 aromatic rings. The number of hydrogen-bond donors (Lipinski definition) is 1. The average molecular weight is 226 g/mol. The SMILES string of the molecule is COC1CC(Nc2ccc(C)cc2Cl)C1. The minimum Gasteiger partial charge on any atom is -0.381 e. The summed E-state index contributed by atoms with van der Waals surface area (Å²) in [5.41, 5.74) is 2.22. The van der Waals surface area contributed by atoms with Gasteiger partial charge in [0.25, 0.3) is 0 Å². The first-order valence-electron chi connectivity index (χ1n) is 5.24. The van der Waals surface area contributed by atoms with Crippen LogP contribution in [0.4, 0.5) is 5.69 Å². The van der Waals surface area contributed by atoms with E-state index in [1.54, 1.807) is 7.11 Å². The molecule has 0 atom stereocenters. The molecule has 82 valence electrons. The molecule has 0 unspecified atom stereocenters. The molecule has 2 rings (SSSR count). The molecular formula is C12H16ClNO. The number of ether oxygens (including phenoxy) is 1. The van der Waals surface area contributed by atoms with Gasteiger partial charge in [-0.1, -0.05) is 17.7 Å². The van der Waals surface area contributed by atoms with E-state index in [0.29, 0.717) is 12.1 Å². The molecule has 1 saturated carbocycles. The molecule has 2 nitrogen and oxygen atoms in total. The first kappa shape index (κ1) is 10.8. The second-order valence-corrected chi connectivity index (χ2v) is 4.56. The van der Waals surface area contributed by atoms with Gasteiger partial charge in [0.2, 0.25) is 0 Å². The summed E-state index contributed by atoms with van der Waals surface area (Å²) >= 11 is 6.13. The summed E-state index contributed by atoms with van der Waals surface area (Å²) in [7, 11) is 1.76. The highest BCUT2D eigenvalue weighted by atomic mass is 35.5. The lowest BCUT2D eigenvalue weighted by Crippen LogP contribution is -2.40. The topological polar surface area (TPSA) is 21.3 Å². The number of hydrogen-bond acceptors (Lipinski definition) is 2. The van der Waals surface area contributed by atoms with E-state index in [1.165, 1.54) is 5.56 Å². The second-order valence-electron chi connectivity index (χ2n) is 4.15. The molecule has 0 spiro atoms. The van der Waals surface area contributed by atoms with Crippen molar-refractivity contribution >= 4 is 17.3 Å². The monoisotopic (exact) mass is 225 g/mol. The molecule has 0 heterocycles. The molecule has 1 aliphatic carbocycles. The fourth-order valence-corrected chi connectivity index (χ4v) is 2.12. The lowest BCUT2D eigenvalue weighted by molar-refractivity contribution is 0.0329. The Bertz CT molecular complexity index is 347. The minimum absolute atomic E-state index is 0.423. The van der Waals surface area contributed by atoms with E-state index in [0.717, 1.165) is 23.6 Å². The number of halogens is 1. The largest absolute Gasteiger partial charge is 0.381 e. The molecule has 0 radical (unpaired) electrons. The first-order chi connectivity index (χ1) is 7.19. The predicted molar refractivity (Wildman–Crippen MR) is 63.6 cm³/mol. The van der Waals surface area contributed by atoms with Gasteiger partial charge in [-0.15, -0.1) is 0 Å². The van der Waals surface area contributed by atoms with E-state index in [-0.39, 0.29) is 0 Å². The van der Waals surface area contributed by atoms with Crippen LogP contribution in [0.3, 0.4) is 0 Å². The quantitative estimate of drug-likeness (QED) is 0.853. The van der Waals surface area contributed by atoms with E-state index in [4.69, 9.17) is 16.3 Å². The fourth-order valence-electron chi connectivity index (χ4n) is 1.83. The van der Waals surface area contributed by atoms with Gasteiger partial charge in [-0.2, -0.15) is 0 Å². The van der Waals surface area contributed by atoms with Crippen LogP contribution in [0.15, 0.2) is 18.2 Å². The number of benzene rings is 1. The van der Waals surface area contributed by atoms with E-state index in [9.17, 15) is 0 Å². The van der Waals surface area contributed by atoms with Crippen molar-refractivity contribution in [2.45, 2.75) is 31.9 Å². The van der Waals surface area contributed by atoms with Crippen molar-refractivity contribution in [2.75, 3.05) is 12.4 Å². The molecule has 0 amide bonds. The van der Waals surface area contributed by atoms with Crippen LogP contribution in [0.5, 0.6) is 0 Å². The molecule has 1 aromatic carbocycles. The van der Waals surface area contributed by atoms with E-state index in [2.05, 4.69) is 11.4 Å². The smallest absolute Gasteiger partial charge is 0.0640 e. The van der Waals surface area contributed by atoms with Crippen LogP contribution >= 0.6 is 11.6 Å². The third kappa shape index (κ3) is 2.44. The Kier molecular flexibility index (Phi) is 3.17. The Morgan fingerprint density at radius 3 is 2.73 bits per heavy atom. The van der Waals surface area contributed by atoms with Crippen molar-refractivity contribution in [2.24, 2.45) is 0 Å². The van der Waals surface area contributed by atoms with Gasteiger partial charge in [0.05, 0.1) is 16.8 Å². The molecule has 3 heteroatoms. The number of nitrogens with one attached hydrogen (secondary N) is 1. The lowest BCUT2D eigenvalue weighted by Gasteiger charge is -2.35. The molecule has 1 fully saturated rings. The molecular weight excluding hydrogens is 210 g/mol. The zero-order chi connectivity index (χ0) is 10.8. The van der Waals surface area contributed by atoms with Gasteiger partial charge >= 0.3 is 0 Å². The summed E-state index contributed by atoms with van der Waals surface area (Å²) in [6, 6.07) is 6.60. The van der Waals surface area contributed by atoms with Gasteiger partial charge in [0, 0.05) is 13.2 Å². The van der Waals surface area contributed by atoms with Crippen LogP contribution in [-0.2, 0) is 4.74 Å². The number of aryl methyl sites for hydroxylation is 1. The third-order valence-electron chi connectivity index (χ3n) is 2.91. The molecule has 0 saturated heterocycles. The molecule has 1 aliphatic rings. The zero-order valence-electron chi connectivity index (χ0n) is 9.09. The highest BCUT2D eigenvalue weighted by Crippen LogP contribution is 2.30. The standard InChI is InChI=1S/C12H16ClNO/c1-8-3-4-12(11(13)5-8)14-9-6-10(7-9)15-2/h3-5,9-10,14H,6-7H2,1-2H3. The van der Waals surface area contributed by atoms with E-state index < -0.39 is 0 Å². The second kappa shape index (κ2) is 4.42. The molecule has 0 aliphatic heterocycles. The molecule has 1 N–H and O–H groups in total. The predicted octanol–water partition coefficient (Wildman–Crippen LogP) is 3.24. The number of rotatable bonds is 3. The van der Waals surface area contributed by atoms with Crippen LogP contribution < -0.4 is 5.32 Å². The van der Waals surface area contributed by atoms with Crippen LogP contribution in [-0.4, -0.2) is 19.3 Å². The average Bonchev–Trinajstić information content (AvgIpc) is 2.13. The normalized spacial score (nSPS) is 24.7. The van der Waals surface area contributed by atoms with Gasteiger partial charge < -0.3 is 10.1 Å². The maximum atomic E-state index is 6.13. The van der Waals surface area contributed by atoms with Crippen molar-refractivity contribution in [1.29, 1.82) is 0 Å². The van der Waals surface area contributed by atoms with Gasteiger partial charge in [-0.05, 0) is 37.5 Å². The highest BCUT2D eigenvalue weighted by Gasteiger charge is 2.28. The van der Waals surface area contributed by atoms with Crippen molar-refractivity contribution in [3.63, 3.8) is 0 Å². The maximum Gasteiger partial charge on any atom is 0.0640 e. The summed E-state index contributed by atoms with van der Waals surface area (Å²) in [4.78, 5) is 0. The van der Waals surface area contributed by atoms with E-state index >= 15 is 0 Å².